The van der Waals surface area contributed by atoms with Crippen LogP contribution in [0.1, 0.15) is 11.4 Å². The van der Waals surface area contributed by atoms with Crippen LogP contribution in [0.2, 0.25) is 0 Å². The van der Waals surface area contributed by atoms with Gasteiger partial charge in [-0.2, -0.15) is 0 Å². The molecular formula is C15H16N4. The zero-order valence-corrected chi connectivity index (χ0v) is 11.1. The summed E-state index contributed by atoms with van der Waals surface area (Å²) >= 11 is 0. The highest BCUT2D eigenvalue weighted by Crippen LogP contribution is 2.22. The summed E-state index contributed by atoms with van der Waals surface area (Å²) in [6.45, 7) is 3.74. The Hall–Kier alpha value is -2.49. The van der Waals surface area contributed by atoms with E-state index in [1.54, 1.807) is 6.08 Å². The Morgan fingerprint density at radius 2 is 1.74 bits per heavy atom. The van der Waals surface area contributed by atoms with E-state index in [0.717, 1.165) is 16.8 Å². The molecule has 0 bridgehead atoms. The van der Waals surface area contributed by atoms with E-state index in [4.69, 9.17) is 0 Å². The lowest BCUT2D eigenvalue weighted by Crippen LogP contribution is -2.08. The van der Waals surface area contributed by atoms with E-state index < -0.39 is 0 Å². The van der Waals surface area contributed by atoms with Gasteiger partial charge in [0.05, 0.1) is 0 Å². The number of anilines is 1. The molecule has 0 spiro atoms. The van der Waals surface area contributed by atoms with Crippen molar-refractivity contribution < 1.29 is 0 Å². The quantitative estimate of drug-likeness (QED) is 0.784. The Morgan fingerprint density at radius 3 is 2.26 bits per heavy atom. The highest BCUT2D eigenvalue weighted by molar-refractivity contribution is 5.77. The summed E-state index contributed by atoms with van der Waals surface area (Å²) in [7, 11) is 4.03. The molecule has 0 amide bonds. The van der Waals surface area contributed by atoms with Crippen molar-refractivity contribution in [2.24, 2.45) is 0 Å². The summed E-state index contributed by atoms with van der Waals surface area (Å²) in [5, 5.41) is 0. The SMILES string of the molecule is C=CC=C(c1ccc(N(C)C)cc1)c1ncncn1. The topological polar surface area (TPSA) is 41.9 Å². The first-order valence-electron chi connectivity index (χ1n) is 5.95. The van der Waals surface area contributed by atoms with Crippen molar-refractivity contribution in [1.29, 1.82) is 0 Å². The van der Waals surface area contributed by atoms with E-state index in [0.29, 0.717) is 5.82 Å². The Labute approximate surface area is 113 Å². The van der Waals surface area contributed by atoms with Gasteiger partial charge >= 0.3 is 0 Å². The van der Waals surface area contributed by atoms with E-state index in [-0.39, 0.29) is 0 Å². The number of hydrogen-bond donors (Lipinski definition) is 0. The third kappa shape index (κ3) is 3.04. The molecule has 0 aliphatic carbocycles. The first kappa shape index (κ1) is 13.0. The lowest BCUT2D eigenvalue weighted by molar-refractivity contribution is 1.02. The van der Waals surface area contributed by atoms with Crippen LogP contribution in [0, 0.1) is 0 Å². The summed E-state index contributed by atoms with van der Waals surface area (Å²) in [6, 6.07) is 8.23. The van der Waals surface area contributed by atoms with Crippen molar-refractivity contribution in [1.82, 2.24) is 15.0 Å². The second kappa shape index (κ2) is 5.91. The highest BCUT2D eigenvalue weighted by Gasteiger charge is 2.07. The van der Waals surface area contributed by atoms with Gasteiger partial charge in [0.1, 0.15) is 12.7 Å². The van der Waals surface area contributed by atoms with Crippen molar-refractivity contribution in [3.63, 3.8) is 0 Å². The van der Waals surface area contributed by atoms with E-state index in [9.17, 15) is 0 Å². The van der Waals surface area contributed by atoms with Crippen LogP contribution in [0.25, 0.3) is 5.57 Å². The molecule has 1 aromatic carbocycles. The second-order valence-corrected chi connectivity index (χ2v) is 4.22. The van der Waals surface area contributed by atoms with Crippen LogP contribution in [0.5, 0.6) is 0 Å². The molecule has 0 atom stereocenters. The van der Waals surface area contributed by atoms with Gasteiger partial charge in [-0.05, 0) is 17.7 Å². The molecule has 19 heavy (non-hydrogen) atoms. The fourth-order valence-electron chi connectivity index (χ4n) is 1.74. The van der Waals surface area contributed by atoms with Gasteiger partial charge in [-0.1, -0.05) is 30.9 Å². The van der Waals surface area contributed by atoms with Crippen LogP contribution < -0.4 is 4.90 Å². The van der Waals surface area contributed by atoms with Crippen LogP contribution >= 0.6 is 0 Å². The van der Waals surface area contributed by atoms with Gasteiger partial charge in [-0.15, -0.1) is 0 Å². The summed E-state index contributed by atoms with van der Waals surface area (Å²) in [6.07, 6.45) is 6.62. The second-order valence-electron chi connectivity index (χ2n) is 4.22. The number of aromatic nitrogens is 3. The molecule has 0 saturated heterocycles. The highest BCUT2D eigenvalue weighted by atomic mass is 15.1. The molecule has 1 aromatic heterocycles. The first-order valence-corrected chi connectivity index (χ1v) is 5.95. The zero-order chi connectivity index (χ0) is 13.7. The molecule has 0 saturated carbocycles. The molecule has 96 valence electrons. The standard InChI is InChI=1S/C15H16N4/c1-4-5-14(15-17-10-16-11-18-15)12-6-8-13(9-7-12)19(2)3/h4-11H,1H2,2-3H3. The summed E-state index contributed by atoms with van der Waals surface area (Å²) < 4.78 is 0. The fourth-order valence-corrected chi connectivity index (χ4v) is 1.74. The van der Waals surface area contributed by atoms with E-state index >= 15 is 0 Å². The monoisotopic (exact) mass is 252 g/mol. The Balaban J connectivity index is 2.41. The molecule has 2 aromatic rings. The molecule has 0 radical (unpaired) electrons. The van der Waals surface area contributed by atoms with Crippen LogP contribution in [0.15, 0.2) is 55.7 Å². The van der Waals surface area contributed by atoms with Crippen LogP contribution in [-0.2, 0) is 0 Å². The zero-order valence-electron chi connectivity index (χ0n) is 11.1. The van der Waals surface area contributed by atoms with Crippen LogP contribution in [0.4, 0.5) is 5.69 Å². The van der Waals surface area contributed by atoms with E-state index in [1.807, 2.05) is 20.2 Å². The molecule has 0 aliphatic heterocycles. The molecule has 4 nitrogen and oxygen atoms in total. The molecule has 0 aliphatic rings. The summed E-state index contributed by atoms with van der Waals surface area (Å²) in [5.74, 6) is 0.646. The minimum absolute atomic E-state index is 0.646. The van der Waals surface area contributed by atoms with Crippen molar-refractivity contribution in [2.45, 2.75) is 0 Å². The normalized spacial score (nSPS) is 11.2. The number of rotatable bonds is 4. The molecular weight excluding hydrogens is 236 g/mol. The van der Waals surface area contributed by atoms with Crippen LogP contribution in [0.3, 0.4) is 0 Å². The predicted molar refractivity (Wildman–Crippen MR) is 77.9 cm³/mol. The van der Waals surface area contributed by atoms with Gasteiger partial charge in [0.2, 0.25) is 0 Å². The average Bonchev–Trinajstić information content (AvgIpc) is 2.46. The van der Waals surface area contributed by atoms with Gasteiger partial charge < -0.3 is 4.90 Å². The number of nitrogens with zero attached hydrogens (tertiary/aromatic N) is 4. The lowest BCUT2D eigenvalue weighted by atomic mass is 10.0. The maximum atomic E-state index is 4.18. The summed E-state index contributed by atoms with van der Waals surface area (Å²) in [5.41, 5.74) is 3.14. The third-order valence-corrected chi connectivity index (χ3v) is 2.71. The Morgan fingerprint density at radius 1 is 1.11 bits per heavy atom. The number of allylic oxidation sites excluding steroid dienone is 2. The van der Waals surface area contributed by atoms with Crippen molar-refractivity contribution in [2.75, 3.05) is 19.0 Å². The van der Waals surface area contributed by atoms with Crippen LogP contribution in [-0.4, -0.2) is 29.0 Å². The lowest BCUT2D eigenvalue weighted by Gasteiger charge is -2.13. The smallest absolute Gasteiger partial charge is 0.163 e. The minimum atomic E-state index is 0.646. The molecule has 0 unspecified atom stereocenters. The summed E-state index contributed by atoms with van der Waals surface area (Å²) in [4.78, 5) is 14.3. The maximum Gasteiger partial charge on any atom is 0.163 e. The molecule has 0 N–H and O–H groups in total. The minimum Gasteiger partial charge on any atom is -0.378 e. The Bertz CT molecular complexity index is 571. The average molecular weight is 252 g/mol. The van der Waals surface area contributed by atoms with Gasteiger partial charge in [0.25, 0.3) is 0 Å². The van der Waals surface area contributed by atoms with Gasteiger partial charge in [-0.25, -0.2) is 15.0 Å². The number of benzene rings is 1. The fraction of sp³-hybridized carbons (Fsp3) is 0.133. The largest absolute Gasteiger partial charge is 0.378 e. The van der Waals surface area contributed by atoms with E-state index in [1.165, 1.54) is 12.7 Å². The van der Waals surface area contributed by atoms with E-state index in [2.05, 4.69) is 50.7 Å². The third-order valence-electron chi connectivity index (χ3n) is 2.71. The first-order chi connectivity index (χ1) is 9.22. The van der Waals surface area contributed by atoms with Gasteiger partial charge in [0.15, 0.2) is 5.82 Å². The van der Waals surface area contributed by atoms with Gasteiger partial charge in [0, 0.05) is 25.4 Å². The maximum absolute atomic E-state index is 4.18. The van der Waals surface area contributed by atoms with Crippen molar-refractivity contribution >= 4 is 11.3 Å². The number of hydrogen-bond acceptors (Lipinski definition) is 4. The predicted octanol–water partition coefficient (Wildman–Crippen LogP) is 2.56. The van der Waals surface area contributed by atoms with Gasteiger partial charge in [-0.3, -0.25) is 0 Å². The Kier molecular flexibility index (Phi) is 4.03. The molecule has 4 heteroatoms. The van der Waals surface area contributed by atoms with Crippen molar-refractivity contribution in [3.05, 3.63) is 67.0 Å². The molecule has 2 rings (SSSR count). The molecule has 0 fully saturated rings. The van der Waals surface area contributed by atoms with Crippen molar-refractivity contribution in [3.8, 4) is 0 Å². The molecule has 1 heterocycles.